The first kappa shape index (κ1) is 10.1. The summed E-state index contributed by atoms with van der Waals surface area (Å²) in [6, 6.07) is 0. The van der Waals surface area contributed by atoms with Crippen LogP contribution in [0.4, 0.5) is 0 Å². The second-order valence-electron chi connectivity index (χ2n) is 5.61. The van der Waals surface area contributed by atoms with Crippen LogP contribution in [0.5, 0.6) is 0 Å². The number of H-pyrrole nitrogens is 1. The van der Waals surface area contributed by atoms with Gasteiger partial charge in [-0.05, 0) is 26.2 Å². The van der Waals surface area contributed by atoms with Crippen LogP contribution in [0.15, 0.2) is 11.8 Å². The van der Waals surface area contributed by atoms with Crippen molar-refractivity contribution in [3.8, 4) is 0 Å². The van der Waals surface area contributed by atoms with Crippen molar-refractivity contribution < 1.29 is 9.59 Å². The van der Waals surface area contributed by atoms with Crippen molar-refractivity contribution in [2.45, 2.75) is 25.7 Å². The van der Waals surface area contributed by atoms with Crippen LogP contribution >= 0.6 is 0 Å². The Hall–Kier alpha value is -1.84. The number of aromatic amines is 1. The molecular weight excluding hydrogens is 228 g/mol. The number of ketones is 2. The average molecular weight is 242 g/mol. The predicted molar refractivity (Wildman–Crippen MR) is 65.7 cm³/mol. The minimum Gasteiger partial charge on any atom is -0.387 e. The molecule has 4 nitrogen and oxygen atoms in total. The van der Waals surface area contributed by atoms with Gasteiger partial charge in [-0.2, -0.15) is 0 Å². The molecule has 1 aromatic heterocycles. The Balaban J connectivity index is 2.06. The fraction of sp³-hybridized carbons (Fsp3) is 0.429. The number of hydrogen-bond acceptors (Lipinski definition) is 3. The molecule has 0 bridgehead atoms. The molecule has 4 heteroatoms. The standard InChI is InChI=1S/C14H14N2O2/c1-6-11(7(2)17)12-13(16-6)9(18)3-10-14(12)4-8(14)5-15-10/h3,8,15-16H,4-5H2,1-2H3/t8-,14+/m1/s1. The van der Waals surface area contributed by atoms with Crippen molar-refractivity contribution in [2.75, 3.05) is 6.54 Å². The lowest BCUT2D eigenvalue weighted by atomic mass is 9.82. The maximum atomic E-state index is 12.1. The second-order valence-corrected chi connectivity index (χ2v) is 5.61. The van der Waals surface area contributed by atoms with Gasteiger partial charge in [0.15, 0.2) is 5.78 Å². The van der Waals surface area contributed by atoms with Gasteiger partial charge in [0.25, 0.3) is 0 Å². The molecule has 2 N–H and O–H groups in total. The van der Waals surface area contributed by atoms with Gasteiger partial charge in [0, 0.05) is 40.6 Å². The molecule has 1 saturated carbocycles. The molecule has 0 amide bonds. The molecule has 2 fully saturated rings. The Morgan fingerprint density at radius 1 is 1.50 bits per heavy atom. The Labute approximate surface area is 104 Å². The van der Waals surface area contributed by atoms with Crippen molar-refractivity contribution in [3.63, 3.8) is 0 Å². The van der Waals surface area contributed by atoms with Gasteiger partial charge in [-0.15, -0.1) is 0 Å². The SMILES string of the molecule is CC(=O)c1c(C)[nH]c2c1[C@@]13C[C@@H]1CNC3=CC2=O. The summed E-state index contributed by atoms with van der Waals surface area (Å²) in [6.07, 6.45) is 2.76. The maximum absolute atomic E-state index is 12.1. The van der Waals surface area contributed by atoms with Gasteiger partial charge in [-0.25, -0.2) is 0 Å². The van der Waals surface area contributed by atoms with Gasteiger partial charge < -0.3 is 10.3 Å². The quantitative estimate of drug-likeness (QED) is 0.733. The van der Waals surface area contributed by atoms with Crippen LogP contribution in [-0.2, 0) is 5.41 Å². The zero-order valence-corrected chi connectivity index (χ0v) is 10.4. The van der Waals surface area contributed by atoms with E-state index in [-0.39, 0.29) is 17.0 Å². The van der Waals surface area contributed by atoms with E-state index in [0.717, 1.165) is 35.5 Å². The van der Waals surface area contributed by atoms with Crippen molar-refractivity contribution >= 4 is 11.6 Å². The van der Waals surface area contributed by atoms with Gasteiger partial charge in [0.2, 0.25) is 5.78 Å². The van der Waals surface area contributed by atoms with Gasteiger partial charge in [0.1, 0.15) is 0 Å². The Morgan fingerprint density at radius 3 is 2.94 bits per heavy atom. The molecule has 0 radical (unpaired) electrons. The van der Waals surface area contributed by atoms with E-state index < -0.39 is 0 Å². The van der Waals surface area contributed by atoms with Crippen molar-refractivity contribution in [1.29, 1.82) is 0 Å². The van der Waals surface area contributed by atoms with Gasteiger partial charge in [-0.1, -0.05) is 0 Å². The number of aromatic nitrogens is 1. The van der Waals surface area contributed by atoms with Crippen molar-refractivity contribution in [1.82, 2.24) is 10.3 Å². The predicted octanol–water partition coefficient (Wildman–Crippen LogP) is 1.47. The van der Waals surface area contributed by atoms with Gasteiger partial charge in [-0.3, -0.25) is 9.59 Å². The molecule has 3 aliphatic rings. The third-order valence-corrected chi connectivity index (χ3v) is 4.63. The van der Waals surface area contributed by atoms with E-state index in [0.29, 0.717) is 11.6 Å². The van der Waals surface area contributed by atoms with E-state index in [2.05, 4.69) is 10.3 Å². The normalized spacial score (nSPS) is 31.1. The number of Topliss-reactive ketones (excluding diaryl/α,β-unsaturated/α-hetero) is 1. The lowest BCUT2D eigenvalue weighted by Gasteiger charge is -2.22. The van der Waals surface area contributed by atoms with E-state index in [1.165, 1.54) is 0 Å². The number of rotatable bonds is 1. The Bertz CT molecular complexity index is 653. The first-order chi connectivity index (χ1) is 8.55. The summed E-state index contributed by atoms with van der Waals surface area (Å²) in [5.41, 5.74) is 4.11. The summed E-state index contributed by atoms with van der Waals surface area (Å²) in [6.45, 7) is 4.37. The molecule has 2 aliphatic carbocycles. The lowest BCUT2D eigenvalue weighted by molar-refractivity contribution is 0.101. The highest BCUT2D eigenvalue weighted by Gasteiger charge is 2.65. The fourth-order valence-corrected chi connectivity index (χ4v) is 3.82. The molecular formula is C14H14N2O2. The minimum atomic E-state index is -0.0605. The van der Waals surface area contributed by atoms with Gasteiger partial charge in [0.05, 0.1) is 5.69 Å². The van der Waals surface area contributed by atoms with Crippen LogP contribution in [0.2, 0.25) is 0 Å². The minimum absolute atomic E-state index is 0.0127. The molecule has 0 aromatic carbocycles. The number of allylic oxidation sites excluding steroid dienone is 2. The molecule has 18 heavy (non-hydrogen) atoms. The summed E-state index contributed by atoms with van der Waals surface area (Å²) in [5, 5.41) is 3.31. The van der Waals surface area contributed by atoms with Gasteiger partial charge >= 0.3 is 0 Å². The number of fused-ring (bicyclic) bond motifs is 1. The lowest BCUT2D eigenvalue weighted by Crippen LogP contribution is -2.26. The molecule has 1 saturated heterocycles. The molecule has 0 unspecified atom stereocenters. The average Bonchev–Trinajstić information content (AvgIpc) is 2.73. The molecule has 2 atom stereocenters. The fourth-order valence-electron chi connectivity index (χ4n) is 3.82. The number of nitrogens with one attached hydrogen (secondary N) is 2. The zero-order chi connectivity index (χ0) is 12.7. The van der Waals surface area contributed by atoms with Crippen LogP contribution in [0.3, 0.4) is 0 Å². The smallest absolute Gasteiger partial charge is 0.204 e. The van der Waals surface area contributed by atoms with E-state index in [1.54, 1.807) is 13.0 Å². The van der Waals surface area contributed by atoms with E-state index >= 15 is 0 Å². The topological polar surface area (TPSA) is 62.0 Å². The molecule has 1 aromatic rings. The summed E-state index contributed by atoms with van der Waals surface area (Å²) in [7, 11) is 0. The zero-order valence-electron chi connectivity index (χ0n) is 10.4. The monoisotopic (exact) mass is 242 g/mol. The van der Waals surface area contributed by atoms with Crippen LogP contribution in [0.1, 0.15) is 45.4 Å². The van der Waals surface area contributed by atoms with Crippen molar-refractivity contribution in [2.24, 2.45) is 5.92 Å². The summed E-state index contributed by atoms with van der Waals surface area (Å²) in [4.78, 5) is 27.1. The summed E-state index contributed by atoms with van der Waals surface area (Å²) < 4.78 is 0. The first-order valence-electron chi connectivity index (χ1n) is 6.30. The third-order valence-electron chi connectivity index (χ3n) is 4.63. The Morgan fingerprint density at radius 2 is 2.28 bits per heavy atom. The molecule has 2 heterocycles. The highest BCUT2D eigenvalue weighted by molar-refractivity contribution is 6.11. The van der Waals surface area contributed by atoms with E-state index in [4.69, 9.17) is 0 Å². The first-order valence-corrected chi connectivity index (χ1v) is 6.30. The third kappa shape index (κ3) is 0.901. The molecule has 1 spiro atoms. The largest absolute Gasteiger partial charge is 0.387 e. The van der Waals surface area contributed by atoms with Crippen LogP contribution in [0, 0.1) is 12.8 Å². The summed E-state index contributed by atoms with van der Waals surface area (Å²) in [5.74, 6) is 0.580. The van der Waals surface area contributed by atoms with Crippen LogP contribution in [-0.4, -0.2) is 23.1 Å². The van der Waals surface area contributed by atoms with Crippen molar-refractivity contribution in [3.05, 3.63) is 34.3 Å². The van der Waals surface area contributed by atoms with E-state index in [9.17, 15) is 9.59 Å². The molecule has 1 aliphatic heterocycles. The number of carbonyl (C=O) groups is 2. The number of piperidine rings is 1. The summed E-state index contributed by atoms with van der Waals surface area (Å²) >= 11 is 0. The highest BCUT2D eigenvalue weighted by Crippen LogP contribution is 2.64. The highest BCUT2D eigenvalue weighted by atomic mass is 16.1. The van der Waals surface area contributed by atoms with E-state index in [1.807, 2.05) is 6.92 Å². The number of aryl methyl sites for hydroxylation is 1. The molecule has 4 rings (SSSR count). The number of hydrogen-bond donors (Lipinski definition) is 2. The maximum Gasteiger partial charge on any atom is 0.204 e. The Kier molecular flexibility index (Phi) is 1.55. The van der Waals surface area contributed by atoms with Crippen LogP contribution in [0.25, 0.3) is 0 Å². The number of carbonyl (C=O) groups excluding carboxylic acids is 2. The molecule has 92 valence electrons. The second kappa shape index (κ2) is 2.76. The van der Waals surface area contributed by atoms with Crippen LogP contribution < -0.4 is 5.32 Å².